The van der Waals surface area contributed by atoms with Crippen LogP contribution >= 0.6 is 0 Å². The highest BCUT2D eigenvalue weighted by Gasteiger charge is 2.22. The molecule has 0 spiro atoms. The Morgan fingerprint density at radius 3 is 2.81 bits per heavy atom. The van der Waals surface area contributed by atoms with Crippen LogP contribution in [0.5, 0.6) is 11.5 Å². The highest BCUT2D eigenvalue weighted by Crippen LogP contribution is 2.34. The van der Waals surface area contributed by atoms with Crippen molar-refractivity contribution in [2.24, 2.45) is 0 Å². The SMILES string of the molecule is O=C(CC(c1cccc(F)c1)c1c[nH]c2ccccc12)NCc1ccc2c(c1)OCO2. The van der Waals surface area contributed by atoms with Crippen LogP contribution in [0.4, 0.5) is 4.39 Å². The molecule has 0 fully saturated rings. The van der Waals surface area contributed by atoms with E-state index in [2.05, 4.69) is 10.3 Å². The highest BCUT2D eigenvalue weighted by molar-refractivity contribution is 5.86. The van der Waals surface area contributed by atoms with Gasteiger partial charge in [-0.15, -0.1) is 0 Å². The van der Waals surface area contributed by atoms with Crippen LogP contribution in [0.1, 0.15) is 29.0 Å². The summed E-state index contributed by atoms with van der Waals surface area (Å²) < 4.78 is 24.7. The van der Waals surface area contributed by atoms with Crippen LogP contribution in [-0.2, 0) is 11.3 Å². The summed E-state index contributed by atoms with van der Waals surface area (Å²) in [7, 11) is 0. The van der Waals surface area contributed by atoms with Crippen molar-refractivity contribution in [3.05, 3.63) is 95.4 Å². The predicted molar refractivity (Wildman–Crippen MR) is 116 cm³/mol. The molecule has 3 aromatic carbocycles. The lowest BCUT2D eigenvalue weighted by molar-refractivity contribution is -0.121. The van der Waals surface area contributed by atoms with Crippen molar-refractivity contribution in [2.45, 2.75) is 18.9 Å². The molecule has 0 saturated carbocycles. The number of fused-ring (bicyclic) bond motifs is 2. The minimum atomic E-state index is -0.317. The van der Waals surface area contributed by atoms with Crippen LogP contribution in [0, 0.1) is 5.82 Å². The van der Waals surface area contributed by atoms with Crippen LogP contribution in [0.2, 0.25) is 0 Å². The maximum atomic E-state index is 14.0. The number of amides is 1. The quantitative estimate of drug-likeness (QED) is 0.471. The first kappa shape index (κ1) is 19.2. The lowest BCUT2D eigenvalue weighted by atomic mass is 9.88. The van der Waals surface area contributed by atoms with Crippen molar-refractivity contribution in [3.63, 3.8) is 0 Å². The standard InChI is InChI=1S/C25H21FN2O3/c26-18-5-3-4-17(11-18)20(21-14-27-22-7-2-1-6-19(21)22)12-25(29)28-13-16-8-9-23-24(10-16)31-15-30-23/h1-11,14,20,27H,12-13,15H2,(H,28,29). The molecule has 0 aliphatic carbocycles. The molecule has 6 heteroatoms. The highest BCUT2D eigenvalue weighted by atomic mass is 19.1. The van der Waals surface area contributed by atoms with E-state index in [1.807, 2.05) is 54.7 Å². The van der Waals surface area contributed by atoms with Gasteiger partial charge in [-0.1, -0.05) is 36.4 Å². The zero-order valence-electron chi connectivity index (χ0n) is 16.7. The second-order valence-electron chi connectivity index (χ2n) is 7.57. The number of aromatic amines is 1. The first-order chi connectivity index (χ1) is 15.2. The second kappa shape index (κ2) is 8.14. The number of halogens is 1. The maximum Gasteiger partial charge on any atom is 0.231 e. The molecule has 5 nitrogen and oxygen atoms in total. The topological polar surface area (TPSA) is 63.4 Å². The third-order valence-electron chi connectivity index (χ3n) is 5.56. The van der Waals surface area contributed by atoms with E-state index in [4.69, 9.17) is 9.47 Å². The third kappa shape index (κ3) is 3.97. The summed E-state index contributed by atoms with van der Waals surface area (Å²) in [5.41, 5.74) is 3.65. The van der Waals surface area contributed by atoms with Crippen LogP contribution in [0.25, 0.3) is 10.9 Å². The van der Waals surface area contributed by atoms with Crippen LogP contribution in [-0.4, -0.2) is 17.7 Å². The average molecular weight is 416 g/mol. The summed E-state index contributed by atoms with van der Waals surface area (Å²) in [6, 6.07) is 20.0. The van der Waals surface area contributed by atoms with E-state index in [-0.39, 0.29) is 30.9 Å². The molecule has 2 N–H and O–H groups in total. The third-order valence-corrected chi connectivity index (χ3v) is 5.56. The number of nitrogens with one attached hydrogen (secondary N) is 2. The lowest BCUT2D eigenvalue weighted by Gasteiger charge is -2.17. The van der Waals surface area contributed by atoms with Gasteiger partial charge >= 0.3 is 0 Å². The van der Waals surface area contributed by atoms with E-state index >= 15 is 0 Å². The number of carbonyl (C=O) groups is 1. The van der Waals surface area contributed by atoms with Crippen molar-refractivity contribution >= 4 is 16.8 Å². The lowest BCUT2D eigenvalue weighted by Crippen LogP contribution is -2.25. The second-order valence-corrected chi connectivity index (χ2v) is 7.57. The fourth-order valence-corrected chi connectivity index (χ4v) is 4.02. The van der Waals surface area contributed by atoms with Crippen LogP contribution < -0.4 is 14.8 Å². The van der Waals surface area contributed by atoms with E-state index in [1.165, 1.54) is 12.1 Å². The molecule has 4 aromatic rings. The Bertz CT molecular complexity index is 1250. The van der Waals surface area contributed by atoms with E-state index in [0.29, 0.717) is 18.0 Å². The summed E-state index contributed by atoms with van der Waals surface area (Å²) in [4.78, 5) is 16.1. The molecule has 1 aromatic heterocycles. The number of aromatic nitrogens is 1. The van der Waals surface area contributed by atoms with Gasteiger partial charge in [0.25, 0.3) is 0 Å². The summed E-state index contributed by atoms with van der Waals surface area (Å²) in [6.07, 6.45) is 2.11. The molecular formula is C25H21FN2O3. The minimum absolute atomic E-state index is 0.114. The molecule has 5 rings (SSSR count). The zero-order chi connectivity index (χ0) is 21.2. The number of rotatable bonds is 6. The van der Waals surface area contributed by atoms with Gasteiger partial charge in [-0.2, -0.15) is 0 Å². The predicted octanol–water partition coefficient (Wildman–Crippen LogP) is 4.87. The number of carbonyl (C=O) groups excluding carboxylic acids is 1. The van der Waals surface area contributed by atoms with Gasteiger partial charge < -0.3 is 19.8 Å². The Morgan fingerprint density at radius 2 is 1.90 bits per heavy atom. The maximum absolute atomic E-state index is 14.0. The number of ether oxygens (including phenoxy) is 2. The zero-order valence-corrected chi connectivity index (χ0v) is 16.7. The van der Waals surface area contributed by atoms with Crippen molar-refractivity contribution in [2.75, 3.05) is 6.79 Å². The van der Waals surface area contributed by atoms with Crippen molar-refractivity contribution in [1.82, 2.24) is 10.3 Å². The fraction of sp³-hybridized carbons (Fsp3) is 0.160. The molecule has 1 unspecified atom stereocenters. The van der Waals surface area contributed by atoms with Crippen molar-refractivity contribution < 1.29 is 18.7 Å². The Kier molecular flexibility index (Phi) is 5.04. The Labute approximate surface area is 178 Å². The number of para-hydroxylation sites is 1. The molecule has 156 valence electrons. The van der Waals surface area contributed by atoms with Gasteiger partial charge in [0, 0.05) is 36.0 Å². The molecule has 1 aliphatic heterocycles. The van der Waals surface area contributed by atoms with Gasteiger partial charge in [0.15, 0.2) is 11.5 Å². The van der Waals surface area contributed by atoms with E-state index in [9.17, 15) is 9.18 Å². The van der Waals surface area contributed by atoms with E-state index in [0.717, 1.165) is 27.6 Å². The fourth-order valence-electron chi connectivity index (χ4n) is 4.02. The minimum Gasteiger partial charge on any atom is -0.454 e. The molecule has 2 heterocycles. The molecular weight excluding hydrogens is 395 g/mol. The molecule has 31 heavy (non-hydrogen) atoms. The molecule has 0 bridgehead atoms. The first-order valence-electron chi connectivity index (χ1n) is 10.1. The Balaban J connectivity index is 1.37. The van der Waals surface area contributed by atoms with Gasteiger partial charge in [-0.05, 0) is 47.0 Å². The molecule has 1 aliphatic rings. The number of benzene rings is 3. The summed E-state index contributed by atoms with van der Waals surface area (Å²) >= 11 is 0. The summed E-state index contributed by atoms with van der Waals surface area (Å²) in [5.74, 6) is 0.688. The smallest absolute Gasteiger partial charge is 0.231 e. The molecule has 1 atom stereocenters. The molecule has 1 amide bonds. The summed E-state index contributed by atoms with van der Waals surface area (Å²) in [6.45, 7) is 0.588. The first-order valence-corrected chi connectivity index (χ1v) is 10.1. The van der Waals surface area contributed by atoms with Gasteiger partial charge in [0.1, 0.15) is 5.82 Å². The average Bonchev–Trinajstić information content (AvgIpc) is 3.42. The van der Waals surface area contributed by atoms with Crippen LogP contribution in [0.3, 0.4) is 0 Å². The van der Waals surface area contributed by atoms with Gasteiger partial charge in [-0.3, -0.25) is 4.79 Å². The van der Waals surface area contributed by atoms with Crippen LogP contribution in [0.15, 0.2) is 72.9 Å². The normalized spacial score (nSPS) is 13.3. The molecule has 0 radical (unpaired) electrons. The Morgan fingerprint density at radius 1 is 1.03 bits per heavy atom. The van der Waals surface area contributed by atoms with Gasteiger partial charge in [0.2, 0.25) is 12.7 Å². The van der Waals surface area contributed by atoms with Gasteiger partial charge in [0.05, 0.1) is 0 Å². The Hall–Kier alpha value is -3.80. The summed E-state index contributed by atoms with van der Waals surface area (Å²) in [5, 5.41) is 4.00. The van der Waals surface area contributed by atoms with E-state index in [1.54, 1.807) is 6.07 Å². The van der Waals surface area contributed by atoms with Crippen molar-refractivity contribution in [1.29, 1.82) is 0 Å². The number of H-pyrrole nitrogens is 1. The molecule has 0 saturated heterocycles. The largest absolute Gasteiger partial charge is 0.454 e. The van der Waals surface area contributed by atoms with Gasteiger partial charge in [-0.25, -0.2) is 4.39 Å². The number of hydrogen-bond acceptors (Lipinski definition) is 3. The monoisotopic (exact) mass is 416 g/mol. The van der Waals surface area contributed by atoms with Crippen molar-refractivity contribution in [3.8, 4) is 11.5 Å². The number of hydrogen-bond donors (Lipinski definition) is 2. The van der Waals surface area contributed by atoms with E-state index < -0.39 is 0 Å².